The average Bonchev–Trinajstić information content (AvgIpc) is 3.21. The van der Waals surface area contributed by atoms with E-state index >= 15 is 0 Å². The number of thiophene rings is 1. The van der Waals surface area contributed by atoms with Gasteiger partial charge in [0.2, 0.25) is 5.91 Å². The van der Waals surface area contributed by atoms with Gasteiger partial charge in [-0.3, -0.25) is 4.79 Å². The summed E-state index contributed by atoms with van der Waals surface area (Å²) >= 11 is 1.35. The number of hydrogen-bond donors (Lipinski definition) is 1. The summed E-state index contributed by atoms with van der Waals surface area (Å²) < 4.78 is 0. The van der Waals surface area contributed by atoms with Crippen LogP contribution in [0.15, 0.2) is 24.3 Å². The van der Waals surface area contributed by atoms with Gasteiger partial charge in [-0.05, 0) is 88.2 Å². The highest BCUT2D eigenvalue weighted by atomic mass is 32.1. The van der Waals surface area contributed by atoms with E-state index in [4.69, 9.17) is 0 Å². The van der Waals surface area contributed by atoms with Crippen LogP contribution < -0.4 is 4.90 Å². The molecular formula is C25H33NO3S. The Morgan fingerprint density at radius 3 is 2.50 bits per heavy atom. The van der Waals surface area contributed by atoms with E-state index in [0.717, 1.165) is 69.1 Å². The second-order valence-electron chi connectivity index (χ2n) is 9.21. The Kier molecular flexibility index (Phi) is 6.77. The molecule has 1 unspecified atom stereocenters. The van der Waals surface area contributed by atoms with E-state index in [2.05, 4.69) is 25.2 Å². The zero-order valence-corrected chi connectivity index (χ0v) is 18.8. The lowest BCUT2D eigenvalue weighted by molar-refractivity contribution is -0.124. The number of carboxylic acids is 1. The lowest BCUT2D eigenvalue weighted by Gasteiger charge is -2.37. The molecule has 0 radical (unpaired) electrons. The summed E-state index contributed by atoms with van der Waals surface area (Å²) in [7, 11) is 0. The molecule has 162 valence electrons. The number of allylic oxidation sites excluding steroid dienone is 3. The molecule has 0 bridgehead atoms. The first-order valence-electron chi connectivity index (χ1n) is 11.6. The first kappa shape index (κ1) is 21.4. The fourth-order valence-electron chi connectivity index (χ4n) is 5.14. The predicted octanol–water partition coefficient (Wildman–Crippen LogP) is 6.67. The number of hydrogen-bond acceptors (Lipinski definition) is 3. The SMILES string of the molecule is C[C@H]1CC[C@H](C(=O)N(c2cc(C3=CCCCC3)sc2C(=O)O)C2CC=CCC2)CC1. The van der Waals surface area contributed by atoms with Crippen LogP contribution >= 0.6 is 11.3 Å². The van der Waals surface area contributed by atoms with Gasteiger partial charge in [0.1, 0.15) is 4.88 Å². The molecule has 0 aromatic carbocycles. The van der Waals surface area contributed by atoms with Gasteiger partial charge in [0.25, 0.3) is 0 Å². The Morgan fingerprint density at radius 1 is 1.07 bits per heavy atom. The molecule has 1 fully saturated rings. The van der Waals surface area contributed by atoms with Crippen molar-refractivity contribution in [1.29, 1.82) is 0 Å². The molecule has 4 rings (SSSR count). The molecular weight excluding hydrogens is 394 g/mol. The lowest BCUT2D eigenvalue weighted by atomic mass is 9.81. The topological polar surface area (TPSA) is 57.6 Å². The fourth-order valence-corrected chi connectivity index (χ4v) is 6.20. The molecule has 1 atom stereocenters. The maximum atomic E-state index is 13.8. The van der Waals surface area contributed by atoms with Gasteiger partial charge < -0.3 is 10.0 Å². The molecule has 1 amide bonds. The van der Waals surface area contributed by atoms with Crippen molar-refractivity contribution >= 4 is 34.5 Å². The third-order valence-corrected chi connectivity index (χ3v) is 8.17. The van der Waals surface area contributed by atoms with Crippen LogP contribution in [-0.4, -0.2) is 23.0 Å². The minimum atomic E-state index is -0.918. The molecule has 1 heterocycles. The van der Waals surface area contributed by atoms with Crippen molar-refractivity contribution in [2.24, 2.45) is 11.8 Å². The second kappa shape index (κ2) is 9.51. The van der Waals surface area contributed by atoms with Crippen LogP contribution in [0.4, 0.5) is 5.69 Å². The first-order valence-corrected chi connectivity index (χ1v) is 12.4. The number of aromatic carboxylic acids is 1. The minimum Gasteiger partial charge on any atom is -0.477 e. The Bertz CT molecular complexity index is 845. The van der Waals surface area contributed by atoms with Crippen molar-refractivity contribution in [1.82, 2.24) is 0 Å². The van der Waals surface area contributed by atoms with Gasteiger partial charge in [0.05, 0.1) is 5.69 Å². The summed E-state index contributed by atoms with van der Waals surface area (Å²) in [5.41, 5.74) is 1.89. The predicted molar refractivity (Wildman–Crippen MR) is 123 cm³/mol. The highest BCUT2D eigenvalue weighted by Gasteiger charge is 2.36. The lowest BCUT2D eigenvalue weighted by Crippen LogP contribution is -2.45. The van der Waals surface area contributed by atoms with E-state index in [1.54, 1.807) is 0 Å². The van der Waals surface area contributed by atoms with Crippen LogP contribution in [0.1, 0.15) is 92.1 Å². The van der Waals surface area contributed by atoms with Crippen LogP contribution in [0.5, 0.6) is 0 Å². The van der Waals surface area contributed by atoms with E-state index in [1.165, 1.54) is 23.3 Å². The van der Waals surface area contributed by atoms with Gasteiger partial charge in [-0.1, -0.05) is 25.2 Å². The van der Waals surface area contributed by atoms with E-state index < -0.39 is 5.97 Å². The van der Waals surface area contributed by atoms with Crippen molar-refractivity contribution < 1.29 is 14.7 Å². The third kappa shape index (κ3) is 4.56. The Hall–Kier alpha value is -1.88. The van der Waals surface area contributed by atoms with Crippen LogP contribution in [0.3, 0.4) is 0 Å². The number of nitrogens with zero attached hydrogens (tertiary/aromatic N) is 1. The number of carbonyl (C=O) groups is 2. The minimum absolute atomic E-state index is 0.0194. The highest BCUT2D eigenvalue weighted by molar-refractivity contribution is 7.15. The zero-order valence-electron chi connectivity index (χ0n) is 17.9. The van der Waals surface area contributed by atoms with Gasteiger partial charge in [-0.25, -0.2) is 4.79 Å². The number of anilines is 1. The second-order valence-corrected chi connectivity index (χ2v) is 10.3. The highest BCUT2D eigenvalue weighted by Crippen LogP contribution is 2.41. The summed E-state index contributed by atoms with van der Waals surface area (Å²) in [5, 5.41) is 9.99. The van der Waals surface area contributed by atoms with Crippen LogP contribution in [0.2, 0.25) is 0 Å². The molecule has 0 saturated heterocycles. The molecule has 3 aliphatic rings. The van der Waals surface area contributed by atoms with Gasteiger partial charge in [0, 0.05) is 16.8 Å². The van der Waals surface area contributed by atoms with Crippen LogP contribution in [-0.2, 0) is 4.79 Å². The molecule has 1 aromatic rings. The molecule has 1 N–H and O–H groups in total. The van der Waals surface area contributed by atoms with Gasteiger partial charge >= 0.3 is 5.97 Å². The number of amides is 1. The van der Waals surface area contributed by atoms with Gasteiger partial charge in [-0.2, -0.15) is 0 Å². The quantitative estimate of drug-likeness (QED) is 0.534. The van der Waals surface area contributed by atoms with Crippen molar-refractivity contribution in [3.63, 3.8) is 0 Å². The van der Waals surface area contributed by atoms with E-state index in [0.29, 0.717) is 16.5 Å². The molecule has 4 nitrogen and oxygen atoms in total. The largest absolute Gasteiger partial charge is 0.477 e. The summed E-state index contributed by atoms with van der Waals surface area (Å²) in [4.78, 5) is 29.2. The Labute approximate surface area is 183 Å². The van der Waals surface area contributed by atoms with E-state index in [-0.39, 0.29) is 17.9 Å². The Balaban J connectivity index is 1.71. The van der Waals surface area contributed by atoms with E-state index in [9.17, 15) is 14.7 Å². The summed E-state index contributed by atoms with van der Waals surface area (Å²) in [6, 6.07) is 2.06. The number of carboxylic acid groups (broad SMARTS) is 1. The Morgan fingerprint density at radius 2 is 1.87 bits per heavy atom. The molecule has 0 spiro atoms. The summed E-state index contributed by atoms with van der Waals surface area (Å²) in [5.74, 6) is -0.0718. The molecule has 3 aliphatic carbocycles. The fraction of sp³-hybridized carbons (Fsp3) is 0.600. The monoisotopic (exact) mass is 427 g/mol. The van der Waals surface area contributed by atoms with Gasteiger partial charge in [0.15, 0.2) is 0 Å². The number of rotatable bonds is 5. The maximum Gasteiger partial charge on any atom is 0.348 e. The van der Waals surface area contributed by atoms with Crippen molar-refractivity contribution in [3.8, 4) is 0 Å². The molecule has 30 heavy (non-hydrogen) atoms. The molecule has 0 aliphatic heterocycles. The average molecular weight is 428 g/mol. The molecule has 5 heteroatoms. The summed E-state index contributed by atoms with van der Waals surface area (Å²) in [6.45, 7) is 2.26. The normalized spacial score (nSPS) is 26.8. The maximum absolute atomic E-state index is 13.8. The molecule has 1 saturated carbocycles. The number of carbonyl (C=O) groups excluding carboxylic acids is 1. The standard InChI is InChI=1S/C25H33NO3S/c1-17-12-14-19(15-13-17)24(27)26(20-10-6-3-7-11-20)21-16-22(30-23(21)25(28)29)18-8-4-2-5-9-18/h3,6,8,16-17,19-20H,2,4-5,7,9-15H2,1H3,(H,28,29)/t17-,19-,20?. The third-order valence-electron chi connectivity index (χ3n) is 6.98. The summed E-state index contributed by atoms with van der Waals surface area (Å²) in [6.07, 6.45) is 17.6. The smallest absolute Gasteiger partial charge is 0.348 e. The van der Waals surface area contributed by atoms with Crippen molar-refractivity contribution in [2.75, 3.05) is 4.90 Å². The zero-order chi connectivity index (χ0) is 21.1. The van der Waals surface area contributed by atoms with Crippen LogP contribution in [0, 0.1) is 11.8 Å². The van der Waals surface area contributed by atoms with Crippen molar-refractivity contribution in [2.45, 2.75) is 83.6 Å². The van der Waals surface area contributed by atoms with Crippen LogP contribution in [0.25, 0.3) is 5.57 Å². The van der Waals surface area contributed by atoms with Gasteiger partial charge in [-0.15, -0.1) is 11.3 Å². The first-order chi connectivity index (χ1) is 14.5. The van der Waals surface area contributed by atoms with Crippen molar-refractivity contribution in [3.05, 3.63) is 34.0 Å². The molecule has 1 aromatic heterocycles. The van der Waals surface area contributed by atoms with E-state index in [1.807, 2.05) is 11.0 Å².